The van der Waals surface area contributed by atoms with Gasteiger partial charge in [-0.1, -0.05) is 20.8 Å². The van der Waals surface area contributed by atoms with E-state index in [0.29, 0.717) is 42.1 Å². The first-order valence-corrected chi connectivity index (χ1v) is 14.8. The standard InChI is InChI=1S/C32H42FN7O3/c1-9-39-18-24-26(37-13-12-22(17-37)40(19-31(3,4)5)30(42)43-32(6,7)8)11-10-23(27(24)36-39)29(41)35-21-14-25(33)28-34-20(2)15-38(28)16-21/h10-11,14-16,18,22H,9,12-13,17,19H2,1-8H3,(H,35,41)/t22-/m1/s1. The fourth-order valence-corrected chi connectivity index (χ4v) is 5.60. The minimum absolute atomic E-state index is 0.0232. The summed E-state index contributed by atoms with van der Waals surface area (Å²) in [5.41, 5.74) is 2.45. The van der Waals surface area contributed by atoms with Crippen molar-refractivity contribution in [3.05, 3.63) is 53.9 Å². The highest BCUT2D eigenvalue weighted by atomic mass is 19.1. The Hall–Kier alpha value is -4.15. The summed E-state index contributed by atoms with van der Waals surface area (Å²) >= 11 is 0. The first-order chi connectivity index (χ1) is 20.1. The number of aromatic nitrogens is 4. The van der Waals surface area contributed by atoms with Crippen molar-refractivity contribution in [1.82, 2.24) is 24.1 Å². The van der Waals surface area contributed by atoms with Gasteiger partial charge in [-0.2, -0.15) is 5.10 Å². The molecule has 11 heteroatoms. The SMILES string of the molecule is CCn1cc2c(N3CC[C@@H](N(CC(C)(C)C)C(=O)OC(C)(C)C)C3)ccc(C(=O)Nc3cc(F)c4nc(C)cn4c3)c2n1. The second kappa shape index (κ2) is 11.2. The molecule has 43 heavy (non-hydrogen) atoms. The first kappa shape index (κ1) is 30.3. The van der Waals surface area contributed by atoms with Crippen molar-refractivity contribution in [3.8, 4) is 0 Å². The Bertz CT molecular complexity index is 1680. The zero-order valence-electron chi connectivity index (χ0n) is 26.4. The molecule has 1 atom stereocenters. The summed E-state index contributed by atoms with van der Waals surface area (Å²) in [5.74, 6) is -0.897. The van der Waals surface area contributed by atoms with E-state index < -0.39 is 11.4 Å². The lowest BCUT2D eigenvalue weighted by Crippen LogP contribution is -2.48. The predicted octanol–water partition coefficient (Wildman–Crippen LogP) is 6.27. The number of aryl methyl sites for hydroxylation is 2. The molecule has 1 N–H and O–H groups in total. The van der Waals surface area contributed by atoms with Gasteiger partial charge < -0.3 is 24.3 Å². The van der Waals surface area contributed by atoms with E-state index in [-0.39, 0.29) is 29.1 Å². The molecular formula is C32H42FN7O3. The molecule has 0 unspecified atom stereocenters. The number of hydrogen-bond acceptors (Lipinski definition) is 6. The van der Waals surface area contributed by atoms with Gasteiger partial charge in [0.05, 0.1) is 23.0 Å². The van der Waals surface area contributed by atoms with Crippen LogP contribution >= 0.6 is 0 Å². The van der Waals surface area contributed by atoms with Crippen molar-refractivity contribution < 1.29 is 18.7 Å². The van der Waals surface area contributed by atoms with Gasteiger partial charge in [-0.25, -0.2) is 14.2 Å². The van der Waals surface area contributed by atoms with Crippen LogP contribution in [-0.2, 0) is 11.3 Å². The number of fused-ring (bicyclic) bond motifs is 2. The van der Waals surface area contributed by atoms with Gasteiger partial charge in [-0.15, -0.1) is 0 Å². The van der Waals surface area contributed by atoms with Gasteiger partial charge in [-0.05, 0) is 58.6 Å². The molecule has 2 amide bonds. The number of anilines is 2. The third-order valence-electron chi connectivity index (χ3n) is 7.37. The highest BCUT2D eigenvalue weighted by molar-refractivity contribution is 6.14. The van der Waals surface area contributed by atoms with E-state index in [9.17, 15) is 14.0 Å². The van der Waals surface area contributed by atoms with Crippen LogP contribution in [0.4, 0.5) is 20.6 Å². The van der Waals surface area contributed by atoms with Crippen molar-refractivity contribution in [3.63, 3.8) is 0 Å². The number of ether oxygens (including phenoxy) is 1. The number of pyridine rings is 1. The molecule has 0 saturated carbocycles. The Morgan fingerprint density at radius 1 is 1.14 bits per heavy atom. The number of amides is 2. The van der Waals surface area contributed by atoms with Crippen LogP contribution in [0.3, 0.4) is 0 Å². The van der Waals surface area contributed by atoms with Crippen molar-refractivity contribution in [1.29, 1.82) is 0 Å². The summed E-state index contributed by atoms with van der Waals surface area (Å²) in [6.07, 6.45) is 5.80. The molecule has 0 radical (unpaired) electrons. The molecular weight excluding hydrogens is 549 g/mol. The molecule has 3 aromatic heterocycles. The summed E-state index contributed by atoms with van der Waals surface area (Å²) in [5, 5.41) is 8.41. The van der Waals surface area contributed by atoms with Gasteiger partial charge in [0, 0.05) is 61.9 Å². The van der Waals surface area contributed by atoms with Crippen LogP contribution < -0.4 is 10.2 Å². The maximum absolute atomic E-state index is 14.7. The molecule has 4 heterocycles. The molecule has 0 bridgehead atoms. The molecule has 5 rings (SSSR count). The quantitative estimate of drug-likeness (QED) is 0.284. The molecule has 1 aliphatic heterocycles. The smallest absolute Gasteiger partial charge is 0.410 e. The Labute approximate surface area is 251 Å². The third-order valence-corrected chi connectivity index (χ3v) is 7.37. The maximum Gasteiger partial charge on any atom is 0.410 e. The molecule has 4 aromatic rings. The number of nitrogens with zero attached hydrogens (tertiary/aromatic N) is 6. The second-order valence-electron chi connectivity index (χ2n) is 13.6. The van der Waals surface area contributed by atoms with Crippen LogP contribution in [0.15, 0.2) is 36.8 Å². The molecule has 0 aliphatic carbocycles. The molecule has 10 nitrogen and oxygen atoms in total. The lowest BCUT2D eigenvalue weighted by Gasteiger charge is -2.36. The van der Waals surface area contributed by atoms with E-state index in [1.54, 1.807) is 29.8 Å². The van der Waals surface area contributed by atoms with Gasteiger partial charge in [0.25, 0.3) is 5.91 Å². The average molecular weight is 592 g/mol. The van der Waals surface area contributed by atoms with Gasteiger partial charge in [0.1, 0.15) is 11.1 Å². The lowest BCUT2D eigenvalue weighted by atomic mass is 9.95. The van der Waals surface area contributed by atoms with E-state index in [2.05, 4.69) is 36.0 Å². The lowest BCUT2D eigenvalue weighted by molar-refractivity contribution is 0.0105. The number of hydrogen-bond donors (Lipinski definition) is 1. The Balaban J connectivity index is 1.42. The number of rotatable bonds is 6. The number of nitrogens with one attached hydrogen (secondary N) is 1. The molecule has 1 fully saturated rings. The van der Waals surface area contributed by atoms with Gasteiger partial charge in [-0.3, -0.25) is 9.48 Å². The zero-order valence-corrected chi connectivity index (χ0v) is 26.4. The number of carbonyl (C=O) groups is 2. The van der Waals surface area contributed by atoms with E-state index in [1.807, 2.05) is 49.5 Å². The van der Waals surface area contributed by atoms with E-state index in [4.69, 9.17) is 9.84 Å². The summed E-state index contributed by atoms with van der Waals surface area (Å²) in [7, 11) is 0. The molecule has 230 valence electrons. The maximum atomic E-state index is 14.7. The van der Waals surface area contributed by atoms with Crippen LogP contribution in [-0.4, -0.2) is 67.3 Å². The van der Waals surface area contributed by atoms with Crippen LogP contribution in [0.1, 0.15) is 70.9 Å². The fourth-order valence-electron chi connectivity index (χ4n) is 5.60. The highest BCUT2D eigenvalue weighted by Crippen LogP contribution is 2.34. The first-order valence-electron chi connectivity index (χ1n) is 14.8. The van der Waals surface area contributed by atoms with Gasteiger partial charge in [0.15, 0.2) is 11.5 Å². The number of carbonyl (C=O) groups excluding carboxylic acids is 2. The number of benzene rings is 1. The van der Waals surface area contributed by atoms with Crippen LogP contribution in [0.5, 0.6) is 0 Å². The van der Waals surface area contributed by atoms with Gasteiger partial charge in [0.2, 0.25) is 0 Å². The Morgan fingerprint density at radius 3 is 2.56 bits per heavy atom. The van der Waals surface area contributed by atoms with Crippen molar-refractivity contribution in [2.75, 3.05) is 29.9 Å². The van der Waals surface area contributed by atoms with Crippen LogP contribution in [0.25, 0.3) is 16.6 Å². The predicted molar refractivity (Wildman–Crippen MR) is 166 cm³/mol. The minimum atomic E-state index is -0.585. The Morgan fingerprint density at radius 2 is 1.88 bits per heavy atom. The number of halogens is 1. The zero-order chi connectivity index (χ0) is 31.3. The van der Waals surface area contributed by atoms with E-state index >= 15 is 0 Å². The second-order valence-corrected chi connectivity index (χ2v) is 13.6. The third kappa shape index (κ3) is 6.60. The van der Waals surface area contributed by atoms with Crippen LogP contribution in [0.2, 0.25) is 0 Å². The van der Waals surface area contributed by atoms with Crippen molar-refractivity contribution >= 4 is 39.9 Å². The summed E-state index contributed by atoms with van der Waals surface area (Å²) in [4.78, 5) is 35.1. The summed E-state index contributed by atoms with van der Waals surface area (Å²) in [6, 6.07) is 4.95. The van der Waals surface area contributed by atoms with Gasteiger partial charge >= 0.3 is 6.09 Å². The summed E-state index contributed by atoms with van der Waals surface area (Å²) < 4.78 is 23.8. The van der Waals surface area contributed by atoms with E-state index in [0.717, 1.165) is 24.0 Å². The van der Waals surface area contributed by atoms with Crippen LogP contribution in [0, 0.1) is 18.2 Å². The van der Waals surface area contributed by atoms with Crippen molar-refractivity contribution in [2.24, 2.45) is 5.41 Å². The number of imidazole rings is 1. The monoisotopic (exact) mass is 591 g/mol. The fraction of sp³-hybridized carbons (Fsp3) is 0.500. The minimum Gasteiger partial charge on any atom is -0.444 e. The normalized spacial score (nSPS) is 15.8. The van der Waals surface area contributed by atoms with E-state index in [1.165, 1.54) is 6.07 Å². The summed E-state index contributed by atoms with van der Waals surface area (Å²) in [6.45, 7) is 18.4. The highest BCUT2D eigenvalue weighted by Gasteiger charge is 2.36. The topological polar surface area (TPSA) is 97.0 Å². The molecule has 0 spiro atoms. The molecule has 1 aliphatic rings. The Kier molecular flexibility index (Phi) is 7.87. The average Bonchev–Trinajstić information content (AvgIpc) is 3.63. The molecule has 1 aromatic carbocycles. The molecule has 1 saturated heterocycles. The van der Waals surface area contributed by atoms with Crippen molar-refractivity contribution in [2.45, 2.75) is 80.0 Å². The largest absolute Gasteiger partial charge is 0.444 e.